The van der Waals surface area contributed by atoms with Crippen LogP contribution < -0.4 is 25.4 Å². The first-order chi connectivity index (χ1) is 20.3. The number of anilines is 2. The number of nitrogens with two attached hydrogens (primary N) is 1. The molecule has 0 bridgehead atoms. The highest BCUT2D eigenvalue weighted by molar-refractivity contribution is 8.01. The predicted octanol–water partition coefficient (Wildman–Crippen LogP) is 5.90. The first-order valence-electron chi connectivity index (χ1n) is 12.7. The average Bonchev–Trinajstić information content (AvgIpc) is 3.45. The number of allylic oxidation sites excluding steroid dienone is 3. The van der Waals surface area contributed by atoms with Crippen LogP contribution in [-0.4, -0.2) is 41.9 Å². The van der Waals surface area contributed by atoms with Gasteiger partial charge in [-0.25, -0.2) is 0 Å². The Balaban J connectivity index is 1.42. The van der Waals surface area contributed by atoms with Crippen molar-refractivity contribution in [3.8, 4) is 17.6 Å². The van der Waals surface area contributed by atoms with Crippen molar-refractivity contribution in [3.63, 3.8) is 0 Å². The molecule has 216 valence electrons. The lowest BCUT2D eigenvalue weighted by Crippen LogP contribution is -2.38. The van der Waals surface area contributed by atoms with Gasteiger partial charge in [0.1, 0.15) is 17.3 Å². The van der Waals surface area contributed by atoms with E-state index in [0.717, 1.165) is 0 Å². The smallest absolute Gasteiger partial charge is 0.234 e. The minimum absolute atomic E-state index is 0.0472. The Morgan fingerprint density at radius 3 is 2.79 bits per heavy atom. The van der Waals surface area contributed by atoms with E-state index in [9.17, 15) is 14.9 Å². The second kappa shape index (κ2) is 12.6. The summed E-state index contributed by atoms with van der Waals surface area (Å²) in [5.74, 6) is 0.137. The van der Waals surface area contributed by atoms with E-state index < -0.39 is 5.92 Å². The average molecular weight is 644 g/mol. The van der Waals surface area contributed by atoms with E-state index in [2.05, 4.69) is 21.6 Å². The number of Topliss-reactive ketones (excluding diaryl/α,β-unsaturated/α-hetero) is 1. The van der Waals surface area contributed by atoms with Gasteiger partial charge in [-0.3, -0.25) is 14.5 Å². The number of aromatic nitrogens is 2. The zero-order valence-electron chi connectivity index (χ0n) is 22.4. The van der Waals surface area contributed by atoms with Crippen molar-refractivity contribution in [1.82, 2.24) is 10.2 Å². The molecule has 1 amide bonds. The first-order valence-corrected chi connectivity index (χ1v) is 15.2. The van der Waals surface area contributed by atoms with Gasteiger partial charge in [-0.05, 0) is 36.6 Å². The van der Waals surface area contributed by atoms with Gasteiger partial charge in [-0.1, -0.05) is 58.4 Å². The van der Waals surface area contributed by atoms with E-state index in [1.807, 2.05) is 0 Å². The third kappa shape index (κ3) is 5.65. The summed E-state index contributed by atoms with van der Waals surface area (Å²) >= 11 is 15.2. The molecule has 2 aromatic carbocycles. The number of methoxy groups -OCH3 is 2. The van der Waals surface area contributed by atoms with E-state index in [-0.39, 0.29) is 33.9 Å². The van der Waals surface area contributed by atoms with Crippen LogP contribution in [0.25, 0.3) is 0 Å². The quantitative estimate of drug-likeness (QED) is 0.285. The third-order valence-electron chi connectivity index (χ3n) is 6.80. The molecule has 0 radical (unpaired) electrons. The summed E-state index contributed by atoms with van der Waals surface area (Å²) in [6.07, 6.45) is 1.50. The van der Waals surface area contributed by atoms with E-state index in [4.69, 9.17) is 38.4 Å². The topological polar surface area (TPSA) is 143 Å². The highest BCUT2D eigenvalue weighted by Gasteiger charge is 2.42. The first kappa shape index (κ1) is 29.7. The van der Waals surface area contributed by atoms with Crippen molar-refractivity contribution >= 4 is 68.8 Å². The molecule has 0 fully saturated rings. The maximum absolute atomic E-state index is 13.3. The number of thioether (sulfide) groups is 1. The second-order valence-corrected chi connectivity index (χ2v) is 12.2. The number of rotatable bonds is 8. The number of nitrogens with zero attached hydrogens (tertiary/aromatic N) is 4. The molecule has 2 aliphatic rings. The Morgan fingerprint density at radius 1 is 1.24 bits per heavy atom. The molecule has 10 nitrogen and oxygen atoms in total. The van der Waals surface area contributed by atoms with Crippen LogP contribution in [0.2, 0.25) is 10.0 Å². The van der Waals surface area contributed by atoms with Crippen LogP contribution in [0.1, 0.15) is 30.7 Å². The molecule has 3 aromatic rings. The minimum Gasteiger partial charge on any atom is -0.497 e. The lowest BCUT2D eigenvalue weighted by molar-refractivity contribution is -0.116. The second-order valence-electron chi connectivity index (χ2n) is 9.21. The van der Waals surface area contributed by atoms with Crippen molar-refractivity contribution in [3.05, 3.63) is 74.7 Å². The van der Waals surface area contributed by atoms with Gasteiger partial charge in [0.25, 0.3) is 0 Å². The Bertz CT molecular complexity index is 1680. The summed E-state index contributed by atoms with van der Waals surface area (Å²) in [5, 5.41) is 22.5. The van der Waals surface area contributed by atoms with E-state index in [1.165, 1.54) is 37.3 Å². The molecule has 1 unspecified atom stereocenters. The number of benzene rings is 2. The van der Waals surface area contributed by atoms with Gasteiger partial charge < -0.3 is 20.5 Å². The third-order valence-corrected chi connectivity index (χ3v) is 9.68. The highest BCUT2D eigenvalue weighted by atomic mass is 35.5. The number of halogens is 2. The van der Waals surface area contributed by atoms with Crippen LogP contribution >= 0.6 is 46.3 Å². The van der Waals surface area contributed by atoms with Crippen LogP contribution in [0.4, 0.5) is 10.8 Å². The molecule has 2 heterocycles. The summed E-state index contributed by atoms with van der Waals surface area (Å²) < 4.78 is 11.1. The zero-order chi connectivity index (χ0) is 30.0. The Hall–Kier alpha value is -3.76. The van der Waals surface area contributed by atoms with Crippen LogP contribution in [0.3, 0.4) is 0 Å². The van der Waals surface area contributed by atoms with Crippen LogP contribution in [0.15, 0.2) is 63.4 Å². The fraction of sp³-hybridized carbons (Fsp3) is 0.250. The maximum Gasteiger partial charge on any atom is 0.234 e. The largest absolute Gasteiger partial charge is 0.497 e. The molecule has 42 heavy (non-hydrogen) atoms. The van der Waals surface area contributed by atoms with Crippen molar-refractivity contribution < 1.29 is 19.1 Å². The number of hydrogen-bond donors (Lipinski definition) is 2. The summed E-state index contributed by atoms with van der Waals surface area (Å²) in [5.41, 5.74) is 8.90. The number of nitriles is 1. The van der Waals surface area contributed by atoms with Gasteiger partial charge in [0.05, 0.1) is 53.3 Å². The van der Waals surface area contributed by atoms with E-state index >= 15 is 0 Å². The Kier molecular flexibility index (Phi) is 8.93. The number of ether oxygens (including phenoxy) is 2. The summed E-state index contributed by atoms with van der Waals surface area (Å²) in [4.78, 5) is 27.7. The molecule has 1 aliphatic heterocycles. The number of ketones is 1. The van der Waals surface area contributed by atoms with Gasteiger partial charge in [0.15, 0.2) is 10.1 Å². The summed E-state index contributed by atoms with van der Waals surface area (Å²) in [7, 11) is 3.05. The lowest BCUT2D eigenvalue weighted by atomic mass is 9.76. The van der Waals surface area contributed by atoms with Gasteiger partial charge in [-0.2, -0.15) is 5.26 Å². The van der Waals surface area contributed by atoms with Crippen LogP contribution in [-0.2, 0) is 9.59 Å². The molecule has 1 atom stereocenters. The van der Waals surface area contributed by atoms with Crippen LogP contribution in [0.5, 0.6) is 11.5 Å². The van der Waals surface area contributed by atoms with Crippen molar-refractivity contribution in [2.75, 3.05) is 30.2 Å². The van der Waals surface area contributed by atoms with E-state index in [1.54, 1.807) is 41.3 Å². The SMILES string of the molecule is COc1ccc(OC)c(NC(=O)CSc2nnc(N3C(N)=C(C#N)C(c4cccc(Cl)c4Cl)C4=C3CCCC4=O)s2)c1. The maximum atomic E-state index is 13.3. The van der Waals surface area contributed by atoms with Gasteiger partial charge in [-0.15, -0.1) is 10.2 Å². The van der Waals surface area contributed by atoms with Crippen LogP contribution in [0, 0.1) is 11.3 Å². The number of carbonyl (C=O) groups is 2. The molecule has 0 saturated carbocycles. The monoisotopic (exact) mass is 642 g/mol. The van der Waals surface area contributed by atoms with Crippen molar-refractivity contribution in [1.29, 1.82) is 5.26 Å². The zero-order valence-corrected chi connectivity index (χ0v) is 25.6. The van der Waals surface area contributed by atoms with Crippen molar-refractivity contribution in [2.24, 2.45) is 5.73 Å². The minimum atomic E-state index is -0.751. The number of nitrogens with one attached hydrogen (secondary N) is 1. The fourth-order valence-corrected chi connectivity index (χ4v) is 7.03. The number of hydrogen-bond acceptors (Lipinski definition) is 11. The highest BCUT2D eigenvalue weighted by Crippen LogP contribution is 2.49. The van der Waals surface area contributed by atoms with E-state index in [0.29, 0.717) is 67.8 Å². The molecule has 5 rings (SSSR count). The van der Waals surface area contributed by atoms with Gasteiger partial charge in [0, 0.05) is 23.8 Å². The lowest BCUT2D eigenvalue weighted by Gasteiger charge is -2.38. The molecular weight excluding hydrogens is 619 g/mol. The van der Waals surface area contributed by atoms with Gasteiger partial charge >= 0.3 is 0 Å². The normalized spacial score (nSPS) is 16.7. The van der Waals surface area contributed by atoms with Crippen molar-refractivity contribution in [2.45, 2.75) is 29.5 Å². The summed E-state index contributed by atoms with van der Waals surface area (Å²) in [6.45, 7) is 0. The summed E-state index contributed by atoms with van der Waals surface area (Å²) in [6, 6.07) is 12.4. The molecule has 1 aromatic heterocycles. The molecule has 14 heteroatoms. The molecule has 3 N–H and O–H groups in total. The number of amides is 1. The molecule has 0 spiro atoms. The molecule has 0 saturated heterocycles. The molecule has 1 aliphatic carbocycles. The molecular formula is C28H24Cl2N6O4S2. The fourth-order valence-electron chi connectivity index (χ4n) is 4.94. The Labute approximate surface area is 260 Å². The predicted molar refractivity (Wildman–Crippen MR) is 163 cm³/mol. The van der Waals surface area contributed by atoms with Gasteiger partial charge in [0.2, 0.25) is 11.0 Å². The standard InChI is InChI=1S/C28H24Cl2N6O4S2/c1-39-14-9-10-21(40-2)18(11-14)33-22(38)13-41-28-35-34-27(42-28)36-19-7-4-8-20(37)24(19)23(16(12-31)26(36)32)15-5-3-6-17(29)25(15)30/h3,5-6,9-11,23H,4,7-8,13,32H2,1-2H3,(H,33,38). The number of carbonyl (C=O) groups excluding carboxylic acids is 2. The Morgan fingerprint density at radius 2 is 2.05 bits per heavy atom.